The highest BCUT2D eigenvalue weighted by Gasteiger charge is 2.18. The number of aromatic nitrogens is 1. The Kier molecular flexibility index (Phi) is 7.13. The molecule has 30 heavy (non-hydrogen) atoms. The molecule has 0 radical (unpaired) electrons. The van der Waals surface area contributed by atoms with Gasteiger partial charge in [-0.05, 0) is 62.2 Å². The van der Waals surface area contributed by atoms with Crippen LogP contribution in [0.4, 0.5) is 11.4 Å². The van der Waals surface area contributed by atoms with Gasteiger partial charge in [-0.25, -0.2) is 4.98 Å². The normalized spacial score (nSPS) is 10.5. The number of rotatable bonds is 6. The maximum Gasteiger partial charge on any atom is 0.258 e. The van der Waals surface area contributed by atoms with Gasteiger partial charge in [0.1, 0.15) is 5.03 Å². The summed E-state index contributed by atoms with van der Waals surface area (Å²) in [4.78, 5) is 29.8. The van der Waals surface area contributed by atoms with Crippen LogP contribution in [0.15, 0.2) is 59.6 Å². The first kappa shape index (κ1) is 21.9. The SMILES string of the molecule is Cc1cc(C)c(C(=O)Nc2ccccc2)c(SCC(=O)Nc2ccc(C)c(Cl)c2)n1. The maximum absolute atomic E-state index is 12.9. The molecule has 2 amide bonds. The van der Waals surface area contributed by atoms with Gasteiger partial charge in [-0.2, -0.15) is 0 Å². The Hall–Kier alpha value is -2.83. The van der Waals surface area contributed by atoms with Crippen molar-refractivity contribution in [3.8, 4) is 0 Å². The van der Waals surface area contributed by atoms with Gasteiger partial charge in [0.05, 0.1) is 11.3 Å². The van der Waals surface area contributed by atoms with E-state index in [2.05, 4.69) is 15.6 Å². The number of benzene rings is 2. The van der Waals surface area contributed by atoms with Crippen molar-refractivity contribution >= 4 is 46.6 Å². The van der Waals surface area contributed by atoms with Gasteiger partial charge in [-0.15, -0.1) is 0 Å². The van der Waals surface area contributed by atoms with Crippen molar-refractivity contribution in [1.29, 1.82) is 0 Å². The zero-order valence-electron chi connectivity index (χ0n) is 17.0. The third-order valence-corrected chi connectivity index (χ3v) is 5.75. The molecule has 1 heterocycles. The molecule has 0 aliphatic rings. The van der Waals surface area contributed by atoms with E-state index in [9.17, 15) is 9.59 Å². The molecular formula is C23H22ClN3O2S. The topological polar surface area (TPSA) is 71.1 Å². The lowest BCUT2D eigenvalue weighted by molar-refractivity contribution is -0.113. The van der Waals surface area contributed by atoms with E-state index in [0.29, 0.717) is 27.0 Å². The zero-order valence-corrected chi connectivity index (χ0v) is 18.5. The number of hydrogen-bond acceptors (Lipinski definition) is 4. The standard InChI is InChI=1S/C23H22ClN3O2S/c1-14-9-10-18(12-19(14)24)26-20(28)13-30-23-21(15(2)11-16(3)25-23)22(29)27-17-7-5-4-6-8-17/h4-12H,13H2,1-3H3,(H,26,28)(H,27,29). The largest absolute Gasteiger partial charge is 0.325 e. The van der Waals surface area contributed by atoms with Crippen LogP contribution in [0, 0.1) is 20.8 Å². The number of hydrogen-bond donors (Lipinski definition) is 2. The first-order valence-corrected chi connectivity index (χ1v) is 10.7. The van der Waals surface area contributed by atoms with Crippen LogP contribution < -0.4 is 10.6 Å². The molecule has 3 rings (SSSR count). The smallest absolute Gasteiger partial charge is 0.258 e. The third kappa shape index (κ3) is 5.62. The minimum Gasteiger partial charge on any atom is -0.325 e. The zero-order chi connectivity index (χ0) is 21.7. The number of nitrogens with one attached hydrogen (secondary N) is 2. The molecule has 2 aromatic carbocycles. The third-order valence-electron chi connectivity index (χ3n) is 4.37. The van der Waals surface area contributed by atoms with Gasteiger partial charge in [0, 0.05) is 22.1 Å². The predicted octanol–water partition coefficient (Wildman–Crippen LogP) is 5.64. The van der Waals surface area contributed by atoms with Gasteiger partial charge in [0.15, 0.2) is 0 Å². The Morgan fingerprint density at radius 1 is 0.933 bits per heavy atom. The molecule has 7 heteroatoms. The highest BCUT2D eigenvalue weighted by atomic mass is 35.5. The summed E-state index contributed by atoms with van der Waals surface area (Å²) < 4.78 is 0. The van der Waals surface area contributed by atoms with Crippen molar-refractivity contribution in [2.24, 2.45) is 0 Å². The fourth-order valence-corrected chi connectivity index (χ4v) is 4.03. The van der Waals surface area contributed by atoms with Crippen molar-refractivity contribution in [3.63, 3.8) is 0 Å². The van der Waals surface area contributed by atoms with Gasteiger partial charge in [-0.3, -0.25) is 9.59 Å². The van der Waals surface area contributed by atoms with Gasteiger partial charge in [0.25, 0.3) is 5.91 Å². The van der Waals surface area contributed by atoms with Crippen LogP contribution in [0.5, 0.6) is 0 Å². The molecule has 1 aromatic heterocycles. The lowest BCUT2D eigenvalue weighted by atomic mass is 10.1. The number of amides is 2. The monoisotopic (exact) mass is 439 g/mol. The van der Waals surface area contributed by atoms with Crippen LogP contribution in [0.3, 0.4) is 0 Å². The lowest BCUT2D eigenvalue weighted by Gasteiger charge is -2.13. The summed E-state index contributed by atoms with van der Waals surface area (Å²) in [5.41, 5.74) is 4.35. The van der Waals surface area contributed by atoms with Crippen molar-refractivity contribution < 1.29 is 9.59 Å². The molecule has 0 unspecified atom stereocenters. The fraction of sp³-hybridized carbons (Fsp3) is 0.174. The van der Waals surface area contributed by atoms with Gasteiger partial charge < -0.3 is 10.6 Å². The summed E-state index contributed by atoms with van der Waals surface area (Å²) in [5, 5.41) is 6.84. The summed E-state index contributed by atoms with van der Waals surface area (Å²) in [5.74, 6) is -0.331. The Morgan fingerprint density at radius 3 is 2.37 bits per heavy atom. The molecule has 0 atom stereocenters. The molecule has 0 saturated heterocycles. The molecule has 154 valence electrons. The van der Waals surface area contributed by atoms with Crippen LogP contribution in [0.1, 0.15) is 27.2 Å². The summed E-state index contributed by atoms with van der Waals surface area (Å²) in [6.07, 6.45) is 0. The van der Waals surface area contributed by atoms with E-state index in [-0.39, 0.29) is 17.6 Å². The number of halogens is 1. The molecule has 0 aliphatic carbocycles. The van der Waals surface area contributed by atoms with E-state index in [0.717, 1.165) is 16.8 Å². The van der Waals surface area contributed by atoms with E-state index >= 15 is 0 Å². The second-order valence-electron chi connectivity index (χ2n) is 6.88. The summed E-state index contributed by atoms with van der Waals surface area (Å²) in [6, 6.07) is 16.5. The summed E-state index contributed by atoms with van der Waals surface area (Å²) >= 11 is 7.35. The van der Waals surface area contributed by atoms with Crippen LogP contribution in [0.2, 0.25) is 5.02 Å². The molecule has 3 aromatic rings. The number of aryl methyl sites for hydroxylation is 3. The highest BCUT2D eigenvalue weighted by Crippen LogP contribution is 2.26. The van der Waals surface area contributed by atoms with Crippen molar-refractivity contribution in [3.05, 3.63) is 82.0 Å². The minimum atomic E-state index is -0.251. The van der Waals surface area contributed by atoms with Crippen molar-refractivity contribution in [2.45, 2.75) is 25.8 Å². The van der Waals surface area contributed by atoms with Gasteiger partial charge in [-0.1, -0.05) is 47.6 Å². The molecule has 0 bridgehead atoms. The number of pyridine rings is 1. The number of carbonyl (C=O) groups is 2. The minimum absolute atomic E-state index is 0.118. The molecule has 0 saturated carbocycles. The summed E-state index contributed by atoms with van der Waals surface area (Å²) in [7, 11) is 0. The van der Waals surface area contributed by atoms with Crippen molar-refractivity contribution in [1.82, 2.24) is 4.98 Å². The molecule has 0 aliphatic heterocycles. The first-order chi connectivity index (χ1) is 14.3. The quantitative estimate of drug-likeness (QED) is 0.487. The van der Waals surface area contributed by atoms with Gasteiger partial charge >= 0.3 is 0 Å². The molecule has 2 N–H and O–H groups in total. The summed E-state index contributed by atoms with van der Waals surface area (Å²) in [6.45, 7) is 5.63. The number of para-hydroxylation sites is 1. The van der Waals surface area contributed by atoms with E-state index in [1.54, 1.807) is 12.1 Å². The Bertz CT molecular complexity index is 1090. The Balaban J connectivity index is 1.74. The lowest BCUT2D eigenvalue weighted by Crippen LogP contribution is -2.18. The highest BCUT2D eigenvalue weighted by molar-refractivity contribution is 8.00. The van der Waals surface area contributed by atoms with E-state index in [1.807, 2.05) is 63.2 Å². The molecule has 0 spiro atoms. The van der Waals surface area contributed by atoms with Crippen LogP contribution in [-0.2, 0) is 4.79 Å². The number of anilines is 2. The second-order valence-corrected chi connectivity index (χ2v) is 8.25. The average Bonchev–Trinajstić information content (AvgIpc) is 2.69. The first-order valence-electron chi connectivity index (χ1n) is 9.37. The van der Waals surface area contributed by atoms with Crippen LogP contribution in [-0.4, -0.2) is 22.6 Å². The number of nitrogens with zero attached hydrogens (tertiary/aromatic N) is 1. The Labute approximate surface area is 185 Å². The van der Waals surface area contributed by atoms with Crippen LogP contribution >= 0.6 is 23.4 Å². The van der Waals surface area contributed by atoms with E-state index in [1.165, 1.54) is 11.8 Å². The second kappa shape index (κ2) is 9.78. The molecule has 0 fully saturated rings. The molecule has 5 nitrogen and oxygen atoms in total. The average molecular weight is 440 g/mol. The number of thioether (sulfide) groups is 1. The predicted molar refractivity (Wildman–Crippen MR) is 124 cm³/mol. The Morgan fingerprint density at radius 2 is 1.67 bits per heavy atom. The number of carbonyl (C=O) groups excluding carboxylic acids is 2. The van der Waals surface area contributed by atoms with Crippen LogP contribution in [0.25, 0.3) is 0 Å². The van der Waals surface area contributed by atoms with E-state index in [4.69, 9.17) is 11.6 Å². The fourth-order valence-electron chi connectivity index (χ4n) is 2.90. The van der Waals surface area contributed by atoms with E-state index < -0.39 is 0 Å². The van der Waals surface area contributed by atoms with Gasteiger partial charge in [0.2, 0.25) is 5.91 Å². The molecular weight excluding hydrogens is 418 g/mol. The van der Waals surface area contributed by atoms with Crippen molar-refractivity contribution in [2.75, 3.05) is 16.4 Å². The maximum atomic E-state index is 12.9.